The van der Waals surface area contributed by atoms with E-state index in [-0.39, 0.29) is 17.4 Å². The van der Waals surface area contributed by atoms with Crippen LogP contribution in [0.15, 0.2) is 23.1 Å². The number of carbonyl (C=O) groups excluding carboxylic acids is 3. The molecule has 1 aliphatic carbocycles. The zero-order chi connectivity index (χ0) is 14.3. The minimum absolute atomic E-state index is 0.0688. The van der Waals surface area contributed by atoms with Gasteiger partial charge in [0.1, 0.15) is 11.7 Å². The summed E-state index contributed by atoms with van der Waals surface area (Å²) in [5, 5.41) is 4.59. The van der Waals surface area contributed by atoms with E-state index in [1.165, 1.54) is 7.11 Å². The summed E-state index contributed by atoms with van der Waals surface area (Å²) in [6, 6.07) is -0.631. The van der Waals surface area contributed by atoms with Crippen LogP contribution in [0.4, 0.5) is 4.79 Å². The molecule has 0 saturated carbocycles. The van der Waals surface area contributed by atoms with Crippen molar-refractivity contribution >= 4 is 17.7 Å². The maximum atomic E-state index is 12.6. The smallest absolute Gasteiger partial charge is 0.325 e. The van der Waals surface area contributed by atoms with Gasteiger partial charge in [0, 0.05) is 29.9 Å². The second-order valence-corrected chi connectivity index (χ2v) is 4.88. The highest BCUT2D eigenvalue weighted by Gasteiger charge is 2.44. The first-order valence-corrected chi connectivity index (χ1v) is 6.35. The Labute approximate surface area is 115 Å². The average molecular weight is 278 g/mol. The minimum Gasteiger partial charge on any atom is -0.496 e. The Balaban J connectivity index is 2.04. The van der Waals surface area contributed by atoms with Crippen molar-refractivity contribution in [2.24, 2.45) is 11.8 Å². The number of nitrogens with one attached hydrogen (secondary N) is 2. The second kappa shape index (κ2) is 4.75. The van der Waals surface area contributed by atoms with Crippen LogP contribution in [0.25, 0.3) is 0 Å². The summed E-state index contributed by atoms with van der Waals surface area (Å²) in [6.45, 7) is 1.03. The first-order chi connectivity index (χ1) is 9.61. The van der Waals surface area contributed by atoms with Gasteiger partial charge in [-0.05, 0) is 6.42 Å². The van der Waals surface area contributed by atoms with Crippen molar-refractivity contribution in [1.82, 2.24) is 10.6 Å². The van der Waals surface area contributed by atoms with Crippen LogP contribution in [-0.2, 0) is 19.1 Å². The summed E-state index contributed by atoms with van der Waals surface area (Å²) in [5.41, 5.74) is 0.744. The molecule has 0 aromatic carbocycles. The van der Waals surface area contributed by atoms with E-state index in [9.17, 15) is 14.4 Å². The summed E-state index contributed by atoms with van der Waals surface area (Å²) in [4.78, 5) is 35.8. The Morgan fingerprint density at radius 2 is 2.10 bits per heavy atom. The van der Waals surface area contributed by atoms with Crippen molar-refractivity contribution in [3.63, 3.8) is 0 Å². The minimum atomic E-state index is -0.998. The molecule has 0 spiro atoms. The maximum absolute atomic E-state index is 12.6. The predicted octanol–water partition coefficient (Wildman–Crippen LogP) is -0.154. The zero-order valence-electron chi connectivity index (χ0n) is 10.9. The maximum Gasteiger partial charge on any atom is 0.325 e. The molecule has 3 aliphatic rings. The van der Waals surface area contributed by atoms with Crippen LogP contribution < -0.4 is 10.6 Å². The monoisotopic (exact) mass is 278 g/mol. The Kier molecular flexibility index (Phi) is 3.06. The highest BCUT2D eigenvalue weighted by atomic mass is 16.5. The van der Waals surface area contributed by atoms with E-state index in [4.69, 9.17) is 9.47 Å². The molecule has 0 bridgehead atoms. The quantitative estimate of drug-likeness (QED) is 0.685. The summed E-state index contributed by atoms with van der Waals surface area (Å²) in [5.74, 6) is -1.60. The molecule has 3 amide bonds. The van der Waals surface area contributed by atoms with Crippen molar-refractivity contribution in [3.8, 4) is 0 Å². The number of allylic oxidation sites excluding steroid dienone is 1. The number of amides is 3. The predicted molar refractivity (Wildman–Crippen MR) is 66.2 cm³/mol. The van der Waals surface area contributed by atoms with E-state index in [0.29, 0.717) is 24.5 Å². The lowest BCUT2D eigenvalue weighted by atomic mass is 9.81. The van der Waals surface area contributed by atoms with Gasteiger partial charge in [-0.25, -0.2) is 4.79 Å². The normalized spacial score (nSPS) is 29.6. The molecule has 2 saturated heterocycles. The van der Waals surface area contributed by atoms with Crippen LogP contribution in [-0.4, -0.2) is 38.0 Å². The van der Waals surface area contributed by atoms with Gasteiger partial charge < -0.3 is 14.8 Å². The Morgan fingerprint density at radius 1 is 1.30 bits per heavy atom. The molecule has 2 aliphatic heterocycles. The number of fused-ring (bicyclic) bond motifs is 1. The van der Waals surface area contributed by atoms with Crippen LogP contribution in [0.1, 0.15) is 6.42 Å². The number of rotatable bonds is 2. The van der Waals surface area contributed by atoms with Crippen LogP contribution >= 0.6 is 0 Å². The number of ether oxygens (including phenoxy) is 2. The molecular weight excluding hydrogens is 264 g/mol. The molecule has 20 heavy (non-hydrogen) atoms. The van der Waals surface area contributed by atoms with Crippen LogP contribution in [0.2, 0.25) is 0 Å². The molecule has 2 atom stereocenters. The topological polar surface area (TPSA) is 93.7 Å². The van der Waals surface area contributed by atoms with E-state index in [1.807, 2.05) is 0 Å². The van der Waals surface area contributed by atoms with Gasteiger partial charge in [-0.3, -0.25) is 14.9 Å². The first kappa shape index (κ1) is 12.9. The molecule has 7 heteroatoms. The van der Waals surface area contributed by atoms with Gasteiger partial charge >= 0.3 is 6.03 Å². The first-order valence-electron chi connectivity index (χ1n) is 6.35. The number of ketones is 1. The molecule has 1 unspecified atom stereocenters. The van der Waals surface area contributed by atoms with Crippen molar-refractivity contribution in [2.75, 3.05) is 20.3 Å². The molecule has 0 radical (unpaired) electrons. The summed E-state index contributed by atoms with van der Waals surface area (Å²) >= 11 is 0. The Bertz CT molecular complexity index is 557. The molecule has 2 heterocycles. The largest absolute Gasteiger partial charge is 0.496 e. The van der Waals surface area contributed by atoms with Gasteiger partial charge in [0.2, 0.25) is 5.91 Å². The fourth-order valence-corrected chi connectivity index (χ4v) is 2.77. The molecule has 0 aromatic rings. The van der Waals surface area contributed by atoms with E-state index >= 15 is 0 Å². The Hall–Kier alpha value is -2.15. The number of Topliss-reactive ketones (excluding diaryl/α,β-unsaturated/α-hetero) is 1. The number of imide groups is 1. The lowest BCUT2D eigenvalue weighted by molar-refractivity contribution is -0.131. The van der Waals surface area contributed by atoms with Crippen molar-refractivity contribution in [1.29, 1.82) is 0 Å². The highest BCUT2D eigenvalue weighted by Crippen LogP contribution is 2.34. The molecule has 106 valence electrons. The molecule has 2 fully saturated rings. The van der Waals surface area contributed by atoms with Gasteiger partial charge in [0.05, 0.1) is 13.7 Å². The lowest BCUT2D eigenvalue weighted by Crippen LogP contribution is -2.54. The number of methoxy groups -OCH3 is 1. The summed E-state index contributed by atoms with van der Waals surface area (Å²) in [7, 11) is 1.46. The standard InChI is InChI=1S/C13H14N2O5/c1-19-8-4-7-10(12(17)15-13(18)14-7)11(16)9(8)6-2-3-20-5-6/h4,6,10H,2-3,5H2,1H3,(H2,14,15,17,18)/t6-,10?/m1/s1. The number of hydrogen-bond donors (Lipinski definition) is 2. The Morgan fingerprint density at radius 3 is 2.75 bits per heavy atom. The van der Waals surface area contributed by atoms with Crippen LogP contribution in [0.5, 0.6) is 0 Å². The van der Waals surface area contributed by atoms with Gasteiger partial charge in [0.25, 0.3) is 0 Å². The fourth-order valence-electron chi connectivity index (χ4n) is 2.77. The van der Waals surface area contributed by atoms with Crippen molar-refractivity contribution < 1.29 is 23.9 Å². The molecule has 3 rings (SSSR count). The van der Waals surface area contributed by atoms with E-state index in [1.54, 1.807) is 6.08 Å². The fraction of sp³-hybridized carbons (Fsp3) is 0.462. The van der Waals surface area contributed by atoms with Gasteiger partial charge in [-0.1, -0.05) is 0 Å². The van der Waals surface area contributed by atoms with E-state index in [2.05, 4.69) is 10.6 Å². The third kappa shape index (κ3) is 1.90. The van der Waals surface area contributed by atoms with Crippen molar-refractivity contribution in [3.05, 3.63) is 23.1 Å². The number of urea groups is 1. The third-order valence-electron chi connectivity index (χ3n) is 3.71. The van der Waals surface area contributed by atoms with E-state index < -0.39 is 17.9 Å². The summed E-state index contributed by atoms with van der Waals surface area (Å²) in [6.07, 6.45) is 2.27. The third-order valence-corrected chi connectivity index (χ3v) is 3.71. The van der Waals surface area contributed by atoms with Crippen molar-refractivity contribution in [2.45, 2.75) is 6.42 Å². The summed E-state index contributed by atoms with van der Waals surface area (Å²) < 4.78 is 10.5. The van der Waals surface area contributed by atoms with Gasteiger partial charge in [-0.2, -0.15) is 0 Å². The number of carbonyl (C=O) groups is 3. The molecular formula is C13H14N2O5. The molecule has 2 N–H and O–H groups in total. The van der Waals surface area contributed by atoms with Gasteiger partial charge in [-0.15, -0.1) is 0 Å². The molecule has 0 aromatic heterocycles. The van der Waals surface area contributed by atoms with Gasteiger partial charge in [0.15, 0.2) is 5.78 Å². The van der Waals surface area contributed by atoms with E-state index in [0.717, 1.165) is 6.42 Å². The zero-order valence-corrected chi connectivity index (χ0v) is 10.9. The van der Waals surface area contributed by atoms with Crippen LogP contribution in [0, 0.1) is 11.8 Å². The average Bonchev–Trinajstić information content (AvgIpc) is 2.90. The van der Waals surface area contributed by atoms with Crippen LogP contribution in [0.3, 0.4) is 0 Å². The SMILES string of the molecule is COC1=C([C@@H]2CCOC2)C(=O)C2C(=O)NC(=O)NC2=C1. The molecule has 7 nitrogen and oxygen atoms in total. The lowest BCUT2D eigenvalue weighted by Gasteiger charge is -2.30. The second-order valence-electron chi connectivity index (χ2n) is 4.88. The highest BCUT2D eigenvalue weighted by molar-refractivity contribution is 6.18. The number of hydrogen-bond acceptors (Lipinski definition) is 5.